The van der Waals surface area contributed by atoms with Crippen LogP contribution in [0, 0.1) is 18.6 Å². The van der Waals surface area contributed by atoms with Crippen LogP contribution in [0.2, 0.25) is 0 Å². The summed E-state index contributed by atoms with van der Waals surface area (Å²) in [5.74, 6) is -1.36. The number of aryl methyl sites for hydroxylation is 1. The van der Waals surface area contributed by atoms with E-state index in [2.05, 4.69) is 5.32 Å². The monoisotopic (exact) mass is 247 g/mol. The summed E-state index contributed by atoms with van der Waals surface area (Å²) < 4.78 is 26.4. The first-order valence-electron chi connectivity index (χ1n) is 5.40. The summed E-state index contributed by atoms with van der Waals surface area (Å²) in [6.45, 7) is 1.56. The van der Waals surface area contributed by atoms with Crippen LogP contribution in [0.3, 0.4) is 0 Å². The van der Waals surface area contributed by atoms with Gasteiger partial charge in [0.1, 0.15) is 11.6 Å². The van der Waals surface area contributed by atoms with Gasteiger partial charge in [0, 0.05) is 5.56 Å². The Bertz CT molecular complexity index is 596. The fourth-order valence-corrected chi connectivity index (χ4v) is 1.54. The van der Waals surface area contributed by atoms with Crippen molar-refractivity contribution in [1.82, 2.24) is 0 Å². The summed E-state index contributed by atoms with van der Waals surface area (Å²) >= 11 is 0. The van der Waals surface area contributed by atoms with Gasteiger partial charge in [0.25, 0.3) is 5.91 Å². The molecule has 2 aromatic rings. The number of amides is 1. The third-order valence-electron chi connectivity index (χ3n) is 2.54. The van der Waals surface area contributed by atoms with Gasteiger partial charge in [-0.3, -0.25) is 4.79 Å². The zero-order valence-electron chi connectivity index (χ0n) is 9.71. The minimum atomic E-state index is -0.510. The molecule has 0 aliphatic rings. The maximum absolute atomic E-state index is 13.3. The van der Waals surface area contributed by atoms with Gasteiger partial charge in [-0.05, 0) is 42.8 Å². The lowest BCUT2D eigenvalue weighted by Gasteiger charge is -2.07. The van der Waals surface area contributed by atoms with E-state index >= 15 is 0 Å². The zero-order valence-corrected chi connectivity index (χ0v) is 9.71. The molecule has 2 nitrogen and oxygen atoms in total. The molecule has 18 heavy (non-hydrogen) atoms. The van der Waals surface area contributed by atoms with E-state index in [0.717, 1.165) is 0 Å². The van der Waals surface area contributed by atoms with Gasteiger partial charge >= 0.3 is 0 Å². The van der Waals surface area contributed by atoms with Gasteiger partial charge in [0.15, 0.2) is 0 Å². The summed E-state index contributed by atoms with van der Waals surface area (Å²) in [5, 5.41) is 2.44. The second kappa shape index (κ2) is 4.96. The summed E-state index contributed by atoms with van der Waals surface area (Å²) in [7, 11) is 0. The number of benzene rings is 2. The van der Waals surface area contributed by atoms with Crippen molar-refractivity contribution in [2.45, 2.75) is 6.92 Å². The largest absolute Gasteiger partial charge is 0.319 e. The number of nitrogens with one attached hydrogen (secondary N) is 1. The van der Waals surface area contributed by atoms with Crippen LogP contribution in [0.5, 0.6) is 0 Å². The normalized spacial score (nSPS) is 10.2. The van der Waals surface area contributed by atoms with Crippen LogP contribution >= 0.6 is 0 Å². The molecule has 4 heteroatoms. The van der Waals surface area contributed by atoms with Gasteiger partial charge in [-0.15, -0.1) is 0 Å². The van der Waals surface area contributed by atoms with E-state index in [-0.39, 0.29) is 17.1 Å². The van der Waals surface area contributed by atoms with Crippen LogP contribution in [0.4, 0.5) is 14.5 Å². The van der Waals surface area contributed by atoms with Gasteiger partial charge in [0.2, 0.25) is 0 Å². The first-order valence-corrected chi connectivity index (χ1v) is 5.40. The molecular weight excluding hydrogens is 236 g/mol. The summed E-state index contributed by atoms with van der Waals surface area (Å²) in [4.78, 5) is 11.8. The molecule has 0 unspecified atom stereocenters. The van der Waals surface area contributed by atoms with Gasteiger partial charge in [0.05, 0.1) is 5.69 Å². The SMILES string of the molecule is Cc1cc(C(=O)Nc2ccccc2F)ccc1F. The molecule has 0 aliphatic heterocycles. The lowest BCUT2D eigenvalue weighted by Crippen LogP contribution is -2.13. The standard InChI is InChI=1S/C14H11F2NO/c1-9-8-10(6-7-11(9)15)14(18)17-13-5-3-2-4-12(13)16/h2-8H,1H3,(H,17,18). The van der Waals surface area contributed by atoms with E-state index in [1.807, 2.05) is 0 Å². The molecular formula is C14H11F2NO. The van der Waals surface area contributed by atoms with Crippen LogP contribution < -0.4 is 5.32 Å². The highest BCUT2D eigenvalue weighted by Crippen LogP contribution is 2.15. The van der Waals surface area contributed by atoms with E-state index in [0.29, 0.717) is 5.56 Å². The predicted octanol–water partition coefficient (Wildman–Crippen LogP) is 3.53. The number of rotatable bonds is 2. The summed E-state index contributed by atoms with van der Waals surface area (Å²) in [6, 6.07) is 9.87. The van der Waals surface area contributed by atoms with Crippen molar-refractivity contribution in [3.63, 3.8) is 0 Å². The molecule has 0 fully saturated rings. The molecule has 0 heterocycles. The molecule has 0 bridgehead atoms. The number of para-hydroxylation sites is 1. The predicted molar refractivity (Wildman–Crippen MR) is 65.5 cm³/mol. The number of hydrogen-bond acceptors (Lipinski definition) is 1. The third kappa shape index (κ3) is 2.53. The maximum atomic E-state index is 13.3. The Hall–Kier alpha value is -2.23. The Labute approximate surface area is 103 Å². The van der Waals surface area contributed by atoms with E-state index in [1.165, 1.54) is 36.4 Å². The van der Waals surface area contributed by atoms with Crippen molar-refractivity contribution in [3.05, 3.63) is 65.2 Å². The van der Waals surface area contributed by atoms with Crippen LogP contribution in [0.15, 0.2) is 42.5 Å². The lowest BCUT2D eigenvalue weighted by atomic mass is 10.1. The van der Waals surface area contributed by atoms with Crippen molar-refractivity contribution in [1.29, 1.82) is 0 Å². The highest BCUT2D eigenvalue weighted by molar-refractivity contribution is 6.04. The highest BCUT2D eigenvalue weighted by Gasteiger charge is 2.10. The van der Waals surface area contributed by atoms with Crippen molar-refractivity contribution < 1.29 is 13.6 Å². The number of hydrogen-bond donors (Lipinski definition) is 1. The topological polar surface area (TPSA) is 29.1 Å². The van der Waals surface area contributed by atoms with Crippen molar-refractivity contribution >= 4 is 11.6 Å². The molecule has 2 aromatic carbocycles. The molecule has 1 amide bonds. The first kappa shape index (κ1) is 12.2. The molecule has 0 spiro atoms. The summed E-state index contributed by atoms with van der Waals surface area (Å²) in [5.41, 5.74) is 0.762. The fraction of sp³-hybridized carbons (Fsp3) is 0.0714. The van der Waals surface area contributed by atoms with Crippen molar-refractivity contribution in [2.75, 3.05) is 5.32 Å². The summed E-state index contributed by atoms with van der Waals surface area (Å²) in [6.07, 6.45) is 0. The quantitative estimate of drug-likeness (QED) is 0.864. The molecule has 0 aromatic heterocycles. The Balaban J connectivity index is 2.22. The number of carbonyl (C=O) groups is 1. The molecule has 1 N–H and O–H groups in total. The van der Waals surface area contributed by atoms with E-state index < -0.39 is 11.7 Å². The van der Waals surface area contributed by atoms with Crippen molar-refractivity contribution in [3.8, 4) is 0 Å². The second-order valence-electron chi connectivity index (χ2n) is 3.90. The van der Waals surface area contributed by atoms with E-state index in [4.69, 9.17) is 0 Å². The minimum Gasteiger partial charge on any atom is -0.319 e. The molecule has 0 aliphatic carbocycles. The van der Waals surface area contributed by atoms with E-state index in [1.54, 1.807) is 13.0 Å². The Morgan fingerprint density at radius 2 is 1.78 bits per heavy atom. The second-order valence-corrected chi connectivity index (χ2v) is 3.90. The maximum Gasteiger partial charge on any atom is 0.255 e. The average Bonchev–Trinajstić information content (AvgIpc) is 2.35. The fourth-order valence-electron chi connectivity index (χ4n) is 1.54. The lowest BCUT2D eigenvalue weighted by molar-refractivity contribution is 0.102. The van der Waals surface area contributed by atoms with Crippen molar-refractivity contribution in [2.24, 2.45) is 0 Å². The minimum absolute atomic E-state index is 0.101. The molecule has 92 valence electrons. The van der Waals surface area contributed by atoms with Gasteiger partial charge in [-0.25, -0.2) is 8.78 Å². The van der Waals surface area contributed by atoms with Crippen LogP contribution in [-0.2, 0) is 0 Å². The molecule has 0 radical (unpaired) electrons. The van der Waals surface area contributed by atoms with Crippen LogP contribution in [0.25, 0.3) is 0 Å². The molecule has 0 saturated heterocycles. The van der Waals surface area contributed by atoms with Gasteiger partial charge in [-0.1, -0.05) is 12.1 Å². The molecule has 2 rings (SSSR count). The highest BCUT2D eigenvalue weighted by atomic mass is 19.1. The van der Waals surface area contributed by atoms with Gasteiger partial charge in [-0.2, -0.15) is 0 Å². The molecule has 0 atom stereocenters. The molecule has 0 saturated carbocycles. The third-order valence-corrected chi connectivity index (χ3v) is 2.54. The number of carbonyl (C=O) groups excluding carboxylic acids is 1. The Kier molecular flexibility index (Phi) is 3.37. The number of anilines is 1. The smallest absolute Gasteiger partial charge is 0.255 e. The van der Waals surface area contributed by atoms with E-state index in [9.17, 15) is 13.6 Å². The first-order chi connectivity index (χ1) is 8.58. The van der Waals surface area contributed by atoms with Crippen LogP contribution in [0.1, 0.15) is 15.9 Å². The average molecular weight is 247 g/mol. The van der Waals surface area contributed by atoms with Gasteiger partial charge < -0.3 is 5.32 Å². The number of halogens is 2. The zero-order chi connectivity index (χ0) is 13.1. The Morgan fingerprint density at radius 1 is 1.06 bits per heavy atom. The van der Waals surface area contributed by atoms with Crippen LogP contribution in [-0.4, -0.2) is 5.91 Å². The Morgan fingerprint density at radius 3 is 2.44 bits per heavy atom.